The van der Waals surface area contributed by atoms with E-state index in [1.165, 1.54) is 0 Å². The van der Waals surface area contributed by atoms with Crippen LogP contribution in [-0.4, -0.2) is 18.2 Å². The highest BCUT2D eigenvalue weighted by atomic mass is 35.5. The van der Waals surface area contributed by atoms with E-state index in [0.29, 0.717) is 0 Å². The lowest BCUT2D eigenvalue weighted by Gasteiger charge is -2.09. The van der Waals surface area contributed by atoms with Crippen molar-refractivity contribution in [3.63, 3.8) is 0 Å². The SMILES string of the molecule is COc1ccc(-c2ccc(C(Cl)CC(=O)O)cc2)cc1. The smallest absolute Gasteiger partial charge is 0.305 e. The lowest BCUT2D eigenvalue weighted by atomic mass is 10.0. The molecule has 20 heavy (non-hydrogen) atoms. The Hall–Kier alpha value is -2.00. The number of alkyl halides is 1. The van der Waals surface area contributed by atoms with Crippen molar-refractivity contribution in [2.45, 2.75) is 11.8 Å². The molecular formula is C16H15ClO3. The first-order chi connectivity index (χ1) is 9.60. The molecule has 3 nitrogen and oxygen atoms in total. The van der Waals surface area contributed by atoms with Crippen LogP contribution in [0.2, 0.25) is 0 Å². The van der Waals surface area contributed by atoms with Gasteiger partial charge in [0.2, 0.25) is 0 Å². The first-order valence-electron chi connectivity index (χ1n) is 6.20. The highest BCUT2D eigenvalue weighted by molar-refractivity contribution is 6.21. The highest BCUT2D eigenvalue weighted by Gasteiger charge is 2.12. The quantitative estimate of drug-likeness (QED) is 0.843. The number of carbonyl (C=O) groups is 1. The minimum absolute atomic E-state index is 0.0799. The van der Waals surface area contributed by atoms with Crippen LogP contribution < -0.4 is 4.74 Å². The van der Waals surface area contributed by atoms with Gasteiger partial charge in [-0.3, -0.25) is 4.79 Å². The lowest BCUT2D eigenvalue weighted by Crippen LogP contribution is -2.00. The molecule has 0 aliphatic carbocycles. The van der Waals surface area contributed by atoms with Crippen LogP contribution in [0.3, 0.4) is 0 Å². The molecule has 104 valence electrons. The van der Waals surface area contributed by atoms with E-state index in [4.69, 9.17) is 21.4 Å². The number of ether oxygens (including phenoxy) is 1. The molecule has 2 rings (SSSR count). The second-order valence-electron chi connectivity index (χ2n) is 4.42. The van der Waals surface area contributed by atoms with E-state index >= 15 is 0 Å². The molecule has 0 spiro atoms. The van der Waals surface area contributed by atoms with Crippen molar-refractivity contribution in [3.8, 4) is 16.9 Å². The third-order valence-corrected chi connectivity index (χ3v) is 3.46. The molecule has 1 unspecified atom stereocenters. The molecule has 0 radical (unpaired) electrons. The van der Waals surface area contributed by atoms with Crippen molar-refractivity contribution in [1.82, 2.24) is 0 Å². The second-order valence-corrected chi connectivity index (χ2v) is 4.94. The van der Waals surface area contributed by atoms with Crippen LogP contribution in [0.1, 0.15) is 17.4 Å². The lowest BCUT2D eigenvalue weighted by molar-refractivity contribution is -0.137. The van der Waals surface area contributed by atoms with Crippen molar-refractivity contribution in [2.24, 2.45) is 0 Å². The van der Waals surface area contributed by atoms with Crippen LogP contribution in [-0.2, 0) is 4.79 Å². The number of methoxy groups -OCH3 is 1. The number of hydrogen-bond acceptors (Lipinski definition) is 2. The molecule has 0 amide bonds. The number of hydrogen-bond donors (Lipinski definition) is 1. The minimum atomic E-state index is -0.899. The molecule has 1 atom stereocenters. The second kappa shape index (κ2) is 6.44. The average Bonchev–Trinajstić information content (AvgIpc) is 2.47. The Morgan fingerprint density at radius 3 is 2.05 bits per heavy atom. The fourth-order valence-corrected chi connectivity index (χ4v) is 2.22. The Bertz CT molecular complexity index is 576. The Labute approximate surface area is 122 Å². The summed E-state index contributed by atoms with van der Waals surface area (Å²) in [6, 6.07) is 15.4. The van der Waals surface area contributed by atoms with Crippen molar-refractivity contribution in [1.29, 1.82) is 0 Å². The van der Waals surface area contributed by atoms with Gasteiger partial charge >= 0.3 is 5.97 Å². The van der Waals surface area contributed by atoms with E-state index in [1.54, 1.807) is 7.11 Å². The Balaban J connectivity index is 2.16. The third-order valence-electron chi connectivity index (χ3n) is 3.05. The van der Waals surface area contributed by atoms with Gasteiger partial charge in [-0.15, -0.1) is 11.6 Å². The zero-order chi connectivity index (χ0) is 14.5. The summed E-state index contributed by atoms with van der Waals surface area (Å²) < 4.78 is 5.12. The summed E-state index contributed by atoms with van der Waals surface area (Å²) in [5.74, 6) is -0.0862. The predicted molar refractivity (Wildman–Crippen MR) is 79.3 cm³/mol. The van der Waals surface area contributed by atoms with Crippen LogP contribution in [0.5, 0.6) is 5.75 Å². The maximum absolute atomic E-state index is 10.6. The average molecular weight is 291 g/mol. The number of carboxylic acids is 1. The van der Waals surface area contributed by atoms with E-state index in [1.807, 2.05) is 48.5 Å². The standard InChI is InChI=1S/C16H15ClO3/c1-20-14-8-6-12(7-9-14)11-2-4-13(5-3-11)15(17)10-16(18)19/h2-9,15H,10H2,1H3,(H,18,19). The van der Waals surface area contributed by atoms with Gasteiger partial charge in [0.15, 0.2) is 0 Å². The molecule has 0 fully saturated rings. The molecule has 0 aliphatic heterocycles. The first-order valence-corrected chi connectivity index (χ1v) is 6.64. The molecule has 2 aromatic carbocycles. The molecule has 0 aliphatic rings. The molecule has 0 aromatic heterocycles. The number of rotatable bonds is 5. The number of benzene rings is 2. The normalized spacial score (nSPS) is 11.9. The molecule has 4 heteroatoms. The fraction of sp³-hybridized carbons (Fsp3) is 0.188. The molecule has 0 saturated carbocycles. The van der Waals surface area contributed by atoms with E-state index in [9.17, 15) is 4.79 Å². The van der Waals surface area contributed by atoms with Gasteiger partial charge in [-0.1, -0.05) is 36.4 Å². The molecule has 0 saturated heterocycles. The van der Waals surface area contributed by atoms with Crippen LogP contribution >= 0.6 is 11.6 Å². The van der Waals surface area contributed by atoms with Gasteiger partial charge in [-0.2, -0.15) is 0 Å². The number of aliphatic carboxylic acids is 1. The fourth-order valence-electron chi connectivity index (χ4n) is 1.94. The monoisotopic (exact) mass is 290 g/mol. The maximum Gasteiger partial charge on any atom is 0.305 e. The van der Waals surface area contributed by atoms with Crippen molar-refractivity contribution in [2.75, 3.05) is 7.11 Å². The van der Waals surface area contributed by atoms with E-state index in [-0.39, 0.29) is 6.42 Å². The largest absolute Gasteiger partial charge is 0.497 e. The van der Waals surface area contributed by atoms with E-state index in [2.05, 4.69) is 0 Å². The summed E-state index contributed by atoms with van der Waals surface area (Å²) in [4.78, 5) is 10.6. The summed E-state index contributed by atoms with van der Waals surface area (Å²) in [5.41, 5.74) is 2.93. The summed E-state index contributed by atoms with van der Waals surface area (Å²) in [7, 11) is 1.63. The third kappa shape index (κ3) is 3.52. The van der Waals surface area contributed by atoms with Crippen LogP contribution in [0.15, 0.2) is 48.5 Å². The van der Waals surface area contributed by atoms with Crippen LogP contribution in [0, 0.1) is 0 Å². The van der Waals surface area contributed by atoms with Crippen LogP contribution in [0.25, 0.3) is 11.1 Å². The maximum atomic E-state index is 10.6. The summed E-state index contributed by atoms with van der Waals surface area (Å²) >= 11 is 6.04. The summed E-state index contributed by atoms with van der Waals surface area (Å²) in [6.07, 6.45) is -0.0799. The van der Waals surface area contributed by atoms with Gasteiger partial charge in [0.1, 0.15) is 5.75 Å². The first kappa shape index (κ1) is 14.4. The molecule has 2 aromatic rings. The zero-order valence-electron chi connectivity index (χ0n) is 11.0. The van der Waals surface area contributed by atoms with Crippen molar-refractivity contribution < 1.29 is 14.6 Å². The summed E-state index contributed by atoms with van der Waals surface area (Å²) in [5, 5.41) is 8.23. The van der Waals surface area contributed by atoms with E-state index < -0.39 is 11.3 Å². The van der Waals surface area contributed by atoms with Crippen LogP contribution in [0.4, 0.5) is 0 Å². The Kier molecular flexibility index (Phi) is 4.64. The van der Waals surface area contributed by atoms with E-state index in [0.717, 1.165) is 22.4 Å². The Morgan fingerprint density at radius 1 is 1.10 bits per heavy atom. The van der Waals surface area contributed by atoms with Gasteiger partial charge in [0.25, 0.3) is 0 Å². The molecular weight excluding hydrogens is 276 g/mol. The topological polar surface area (TPSA) is 46.5 Å². The molecule has 1 N–H and O–H groups in total. The van der Waals surface area contributed by atoms with Gasteiger partial charge < -0.3 is 9.84 Å². The van der Waals surface area contributed by atoms with Crippen molar-refractivity contribution in [3.05, 3.63) is 54.1 Å². The van der Waals surface area contributed by atoms with Crippen molar-refractivity contribution >= 4 is 17.6 Å². The number of halogens is 1. The summed E-state index contributed by atoms with van der Waals surface area (Å²) in [6.45, 7) is 0. The van der Waals surface area contributed by atoms with Gasteiger partial charge in [0.05, 0.1) is 18.9 Å². The van der Waals surface area contributed by atoms with Gasteiger partial charge in [-0.25, -0.2) is 0 Å². The minimum Gasteiger partial charge on any atom is -0.497 e. The van der Waals surface area contributed by atoms with Gasteiger partial charge in [0, 0.05) is 0 Å². The predicted octanol–water partition coefficient (Wildman–Crippen LogP) is 4.12. The zero-order valence-corrected chi connectivity index (χ0v) is 11.8. The van der Waals surface area contributed by atoms with Gasteiger partial charge in [-0.05, 0) is 28.8 Å². The molecule has 0 heterocycles. The number of carboxylic acid groups (broad SMARTS) is 1. The highest BCUT2D eigenvalue weighted by Crippen LogP contribution is 2.28. The molecule has 0 bridgehead atoms. The Morgan fingerprint density at radius 2 is 1.60 bits per heavy atom.